The van der Waals surface area contributed by atoms with Crippen LogP contribution in [0.4, 0.5) is 0 Å². The molecule has 138 valence electrons. The minimum atomic E-state index is -0.549. The number of aromatic amines is 1. The number of nitrogens with zero attached hydrogens (tertiary/aromatic N) is 7. The molecular weight excluding hydrogens is 376 g/mol. The molecule has 28 heavy (non-hydrogen) atoms. The van der Waals surface area contributed by atoms with Gasteiger partial charge >= 0.3 is 0 Å². The first kappa shape index (κ1) is 16.6. The molecule has 0 radical (unpaired) electrons. The Kier molecular flexibility index (Phi) is 3.90. The minimum Gasteiger partial charge on any atom is -0.479 e. The number of nitrogens with one attached hydrogen (secondary N) is 1. The summed E-state index contributed by atoms with van der Waals surface area (Å²) in [6, 6.07) is 3.81. The van der Waals surface area contributed by atoms with Crippen LogP contribution in [0.2, 0.25) is 0 Å². The number of H-pyrrole nitrogens is 1. The van der Waals surface area contributed by atoms with Crippen molar-refractivity contribution in [2.75, 3.05) is 7.11 Å². The van der Waals surface area contributed by atoms with Crippen molar-refractivity contribution < 1.29 is 4.74 Å². The van der Waals surface area contributed by atoms with E-state index >= 15 is 0 Å². The van der Waals surface area contributed by atoms with E-state index in [0.29, 0.717) is 18.0 Å². The van der Waals surface area contributed by atoms with Gasteiger partial charge in [0.1, 0.15) is 18.3 Å². The summed E-state index contributed by atoms with van der Waals surface area (Å²) in [6.45, 7) is 0. The molecule has 1 aliphatic rings. The lowest BCUT2D eigenvalue weighted by Gasteiger charge is -2.31. The van der Waals surface area contributed by atoms with Crippen LogP contribution in [0.3, 0.4) is 0 Å². The molecule has 0 aliphatic heterocycles. The molecule has 0 unspecified atom stereocenters. The van der Waals surface area contributed by atoms with Gasteiger partial charge in [-0.1, -0.05) is 12.2 Å². The lowest BCUT2D eigenvalue weighted by atomic mass is 9.73. The van der Waals surface area contributed by atoms with Gasteiger partial charge in [0.05, 0.1) is 35.6 Å². The second-order valence-corrected chi connectivity index (χ2v) is 6.79. The van der Waals surface area contributed by atoms with Crippen molar-refractivity contribution in [3.05, 3.63) is 65.9 Å². The highest BCUT2D eigenvalue weighted by Crippen LogP contribution is 2.42. The van der Waals surface area contributed by atoms with Gasteiger partial charge in [0, 0.05) is 30.1 Å². The Morgan fingerprint density at radius 2 is 1.79 bits per heavy atom. The van der Waals surface area contributed by atoms with Crippen LogP contribution in [0.5, 0.6) is 5.88 Å². The van der Waals surface area contributed by atoms with E-state index in [2.05, 4.69) is 45.0 Å². The van der Waals surface area contributed by atoms with E-state index in [1.54, 1.807) is 32.2 Å². The molecule has 0 aromatic carbocycles. The van der Waals surface area contributed by atoms with Gasteiger partial charge in [-0.15, -0.1) is 4.37 Å². The molecule has 4 aromatic rings. The number of fused-ring (bicyclic) bond motifs is 1. The molecule has 1 aliphatic carbocycles. The number of ether oxygens (including phenoxy) is 1. The second kappa shape index (κ2) is 6.57. The van der Waals surface area contributed by atoms with Gasteiger partial charge in [0.25, 0.3) is 5.88 Å². The highest BCUT2D eigenvalue weighted by Gasteiger charge is 2.39. The first-order valence-corrected chi connectivity index (χ1v) is 9.21. The van der Waals surface area contributed by atoms with Crippen molar-refractivity contribution in [2.24, 2.45) is 0 Å². The maximum absolute atomic E-state index is 5.30. The lowest BCUT2D eigenvalue weighted by molar-refractivity contribution is 0.403. The summed E-state index contributed by atoms with van der Waals surface area (Å²) in [6.07, 6.45) is 11.3. The molecule has 0 spiro atoms. The number of rotatable bonds is 4. The molecule has 4 heterocycles. The molecule has 10 heteroatoms. The lowest BCUT2D eigenvalue weighted by Crippen LogP contribution is -2.32. The topological polar surface area (TPSA) is 115 Å². The average Bonchev–Trinajstić information content (AvgIpc) is 3.40. The van der Waals surface area contributed by atoms with Gasteiger partial charge in [0.2, 0.25) is 0 Å². The summed E-state index contributed by atoms with van der Waals surface area (Å²) in [5.74, 6) is 0.469. The Labute approximate surface area is 163 Å². The molecule has 0 fully saturated rings. The van der Waals surface area contributed by atoms with Crippen LogP contribution in [-0.2, 0) is 11.8 Å². The largest absolute Gasteiger partial charge is 0.479 e. The normalized spacial score (nSPS) is 14.6. The third-order valence-electron chi connectivity index (χ3n) is 4.83. The Morgan fingerprint density at radius 1 is 1.04 bits per heavy atom. The summed E-state index contributed by atoms with van der Waals surface area (Å²) < 4.78 is 13.8. The number of hydrogen-bond donors (Lipinski definition) is 1. The van der Waals surface area contributed by atoms with E-state index in [1.165, 1.54) is 0 Å². The molecule has 0 bridgehead atoms. The molecule has 0 amide bonds. The van der Waals surface area contributed by atoms with Crippen LogP contribution in [0.15, 0.2) is 43.3 Å². The first-order valence-electron chi connectivity index (χ1n) is 8.48. The predicted molar refractivity (Wildman–Crippen MR) is 102 cm³/mol. The molecule has 1 N–H and O–H groups in total. The fourth-order valence-electron chi connectivity index (χ4n) is 3.50. The molecule has 0 atom stereocenters. The van der Waals surface area contributed by atoms with Gasteiger partial charge in [-0.05, 0) is 12.1 Å². The Morgan fingerprint density at radius 3 is 2.43 bits per heavy atom. The summed E-state index contributed by atoms with van der Waals surface area (Å²) in [5, 5.41) is 7.64. The fourth-order valence-corrected chi connectivity index (χ4v) is 4.02. The van der Waals surface area contributed by atoms with Gasteiger partial charge in [-0.25, -0.2) is 19.9 Å². The number of aromatic nitrogens is 8. The van der Waals surface area contributed by atoms with Crippen LogP contribution >= 0.6 is 11.7 Å². The number of allylic oxidation sites excluding steroid dienone is 1. The standard InChI is InChI=1S/C18H14N8OS/c1-27-17-16(25-28-26-17)15-11-2-5-18(8-12(11)23-24-15,13-3-6-19-9-21-13)14-4-7-20-10-22-14/h2-7,9-10H,8H2,1H3,(H,23,24). The van der Waals surface area contributed by atoms with Crippen LogP contribution < -0.4 is 4.74 Å². The van der Waals surface area contributed by atoms with Crippen molar-refractivity contribution >= 4 is 17.8 Å². The Bertz CT molecular complexity index is 1100. The zero-order valence-corrected chi connectivity index (χ0v) is 15.6. The van der Waals surface area contributed by atoms with E-state index in [4.69, 9.17) is 4.74 Å². The fraction of sp³-hybridized carbons (Fsp3) is 0.167. The maximum Gasteiger partial charge on any atom is 0.255 e. The molecule has 9 nitrogen and oxygen atoms in total. The van der Waals surface area contributed by atoms with Gasteiger partial charge < -0.3 is 4.74 Å². The molecule has 0 saturated heterocycles. The van der Waals surface area contributed by atoms with Crippen LogP contribution in [0.25, 0.3) is 17.5 Å². The van der Waals surface area contributed by atoms with Gasteiger partial charge in [-0.2, -0.15) is 9.47 Å². The summed E-state index contributed by atoms with van der Waals surface area (Å²) in [5.41, 5.74) is 4.43. The van der Waals surface area contributed by atoms with E-state index < -0.39 is 5.41 Å². The molecule has 5 rings (SSSR count). The van der Waals surface area contributed by atoms with E-state index in [0.717, 1.165) is 40.1 Å². The maximum atomic E-state index is 5.30. The van der Waals surface area contributed by atoms with Crippen molar-refractivity contribution in [2.45, 2.75) is 11.8 Å². The van der Waals surface area contributed by atoms with Crippen LogP contribution in [0, 0.1) is 0 Å². The summed E-state index contributed by atoms with van der Waals surface area (Å²) in [7, 11) is 1.57. The average molecular weight is 390 g/mol. The van der Waals surface area contributed by atoms with Gasteiger partial charge in [0.15, 0.2) is 5.69 Å². The predicted octanol–water partition coefficient (Wildman–Crippen LogP) is 2.07. The number of hydrogen-bond acceptors (Lipinski definition) is 9. The van der Waals surface area contributed by atoms with Crippen molar-refractivity contribution in [1.29, 1.82) is 0 Å². The van der Waals surface area contributed by atoms with E-state index in [9.17, 15) is 0 Å². The highest BCUT2D eigenvalue weighted by atomic mass is 32.1. The Balaban J connectivity index is 1.65. The van der Waals surface area contributed by atoms with Crippen molar-refractivity contribution in [1.82, 2.24) is 38.9 Å². The monoisotopic (exact) mass is 390 g/mol. The van der Waals surface area contributed by atoms with Crippen LogP contribution in [0.1, 0.15) is 22.6 Å². The van der Waals surface area contributed by atoms with E-state index in [-0.39, 0.29) is 0 Å². The SMILES string of the molecule is COc1nsnc1-c1n[nH]c2c1C=CC(c1ccncn1)(c1ccncn1)C2. The zero-order valence-electron chi connectivity index (χ0n) is 14.8. The molecule has 0 saturated carbocycles. The summed E-state index contributed by atoms with van der Waals surface area (Å²) in [4.78, 5) is 17.1. The molecular formula is C18H14N8OS. The minimum absolute atomic E-state index is 0.469. The third kappa shape index (κ3) is 2.49. The van der Waals surface area contributed by atoms with E-state index in [1.807, 2.05) is 18.2 Å². The first-order chi connectivity index (χ1) is 13.8. The van der Waals surface area contributed by atoms with Crippen molar-refractivity contribution in [3.63, 3.8) is 0 Å². The quantitative estimate of drug-likeness (QED) is 0.563. The molecule has 4 aromatic heterocycles. The zero-order chi connectivity index (χ0) is 19.0. The highest BCUT2D eigenvalue weighted by molar-refractivity contribution is 6.99. The third-order valence-corrected chi connectivity index (χ3v) is 5.34. The number of methoxy groups -OCH3 is 1. The van der Waals surface area contributed by atoms with Crippen LogP contribution in [-0.4, -0.2) is 46.0 Å². The Hall–Kier alpha value is -3.53. The second-order valence-electron chi connectivity index (χ2n) is 6.26. The summed E-state index contributed by atoms with van der Waals surface area (Å²) >= 11 is 1.10. The van der Waals surface area contributed by atoms with Gasteiger partial charge in [-0.3, -0.25) is 5.10 Å². The van der Waals surface area contributed by atoms with Crippen molar-refractivity contribution in [3.8, 4) is 17.3 Å². The smallest absolute Gasteiger partial charge is 0.255 e.